The normalized spacial score (nSPS) is 15.1. The molecule has 0 aromatic carbocycles. The van der Waals surface area contributed by atoms with E-state index in [0.29, 0.717) is 0 Å². The van der Waals surface area contributed by atoms with Crippen LogP contribution in [0.3, 0.4) is 0 Å². The van der Waals surface area contributed by atoms with Gasteiger partial charge in [0.1, 0.15) is 6.20 Å². The SMILES string of the molecule is Cn1c(/C=N\NC2=NCCN2)c[n+]2ccccc12. The van der Waals surface area contributed by atoms with E-state index in [1.54, 1.807) is 6.21 Å². The fourth-order valence-electron chi connectivity index (χ4n) is 1.95. The van der Waals surface area contributed by atoms with Gasteiger partial charge in [0.25, 0.3) is 5.65 Å². The molecule has 1 aliphatic rings. The highest BCUT2D eigenvalue weighted by molar-refractivity contribution is 5.83. The van der Waals surface area contributed by atoms with E-state index in [1.807, 2.05) is 31.6 Å². The molecule has 92 valence electrons. The van der Waals surface area contributed by atoms with Crippen LogP contribution in [-0.2, 0) is 7.05 Å². The molecule has 0 unspecified atom stereocenters. The molecular formula is C12H15N6+. The molecule has 6 heteroatoms. The lowest BCUT2D eigenvalue weighted by Crippen LogP contribution is -2.30. The number of nitrogens with zero attached hydrogens (tertiary/aromatic N) is 4. The van der Waals surface area contributed by atoms with Crippen molar-refractivity contribution in [3.8, 4) is 0 Å². The second-order valence-electron chi connectivity index (χ2n) is 4.11. The van der Waals surface area contributed by atoms with Gasteiger partial charge in [0, 0.05) is 12.6 Å². The van der Waals surface area contributed by atoms with E-state index >= 15 is 0 Å². The summed E-state index contributed by atoms with van der Waals surface area (Å²) in [6.07, 6.45) is 5.84. The van der Waals surface area contributed by atoms with Crippen molar-refractivity contribution < 1.29 is 4.40 Å². The standard InChI is InChI=1S/C12H15N6/c1-17-10(8-15-16-12-13-5-6-14-12)9-18-7-3-2-4-11(17)18/h2-4,7-9H,5-6H2,1H3,(H2,13,14,16)/q+1/b15-8-. The molecule has 0 aliphatic carbocycles. The number of aliphatic imine (C=N–C) groups is 1. The van der Waals surface area contributed by atoms with Crippen molar-refractivity contribution in [1.29, 1.82) is 0 Å². The summed E-state index contributed by atoms with van der Waals surface area (Å²) in [7, 11) is 2.02. The zero-order valence-electron chi connectivity index (χ0n) is 10.2. The van der Waals surface area contributed by atoms with Gasteiger partial charge in [-0.1, -0.05) is 6.07 Å². The molecule has 0 bridgehead atoms. The lowest BCUT2D eigenvalue weighted by atomic mass is 10.5. The van der Waals surface area contributed by atoms with Crippen LogP contribution in [-0.4, -0.2) is 29.8 Å². The minimum absolute atomic E-state index is 0.734. The molecule has 2 aromatic rings. The van der Waals surface area contributed by atoms with E-state index in [4.69, 9.17) is 0 Å². The van der Waals surface area contributed by atoms with Crippen molar-refractivity contribution in [2.45, 2.75) is 0 Å². The first-order valence-electron chi connectivity index (χ1n) is 5.88. The van der Waals surface area contributed by atoms with E-state index in [1.165, 1.54) is 0 Å². The third-order valence-electron chi connectivity index (χ3n) is 2.91. The number of rotatable bonds is 2. The minimum atomic E-state index is 0.734. The second kappa shape index (κ2) is 4.48. The predicted molar refractivity (Wildman–Crippen MR) is 69.6 cm³/mol. The van der Waals surface area contributed by atoms with E-state index in [2.05, 4.69) is 35.9 Å². The lowest BCUT2D eigenvalue weighted by molar-refractivity contribution is -0.510. The largest absolute Gasteiger partial charge is 0.353 e. The van der Waals surface area contributed by atoms with Crippen molar-refractivity contribution in [2.24, 2.45) is 17.1 Å². The van der Waals surface area contributed by atoms with Gasteiger partial charge in [-0.05, 0) is 6.07 Å². The molecular weight excluding hydrogens is 228 g/mol. The summed E-state index contributed by atoms with van der Waals surface area (Å²) in [5.41, 5.74) is 5.03. The number of hydrazone groups is 1. The third-order valence-corrected chi connectivity index (χ3v) is 2.91. The molecule has 0 fully saturated rings. The molecule has 0 atom stereocenters. The van der Waals surface area contributed by atoms with E-state index in [-0.39, 0.29) is 0 Å². The Morgan fingerprint density at radius 1 is 1.56 bits per heavy atom. The Morgan fingerprint density at radius 2 is 2.50 bits per heavy atom. The summed E-state index contributed by atoms with van der Waals surface area (Å²) in [6.45, 7) is 1.68. The highest BCUT2D eigenvalue weighted by Crippen LogP contribution is 2.00. The maximum absolute atomic E-state index is 4.20. The van der Waals surface area contributed by atoms with Gasteiger partial charge < -0.3 is 5.32 Å². The van der Waals surface area contributed by atoms with Gasteiger partial charge in [0.05, 0.1) is 26.0 Å². The zero-order chi connectivity index (χ0) is 12.4. The molecule has 3 rings (SSSR count). The van der Waals surface area contributed by atoms with Crippen molar-refractivity contribution in [3.05, 3.63) is 36.3 Å². The average Bonchev–Trinajstić information content (AvgIpc) is 3.00. The number of pyridine rings is 1. The first-order valence-corrected chi connectivity index (χ1v) is 5.88. The lowest BCUT2D eigenvalue weighted by Gasteiger charge is -1.97. The van der Waals surface area contributed by atoms with E-state index < -0.39 is 0 Å². The number of nitrogens with one attached hydrogen (secondary N) is 2. The predicted octanol–water partition coefficient (Wildman–Crippen LogP) is -0.353. The summed E-state index contributed by atoms with van der Waals surface area (Å²) in [6, 6.07) is 6.09. The van der Waals surface area contributed by atoms with Gasteiger partial charge >= 0.3 is 0 Å². The number of imidazole rings is 1. The van der Waals surface area contributed by atoms with Crippen LogP contribution in [0.25, 0.3) is 5.65 Å². The number of aryl methyl sites for hydroxylation is 1. The molecule has 0 saturated carbocycles. The maximum Gasteiger partial charge on any atom is 0.286 e. The highest BCUT2D eigenvalue weighted by Gasteiger charge is 2.11. The number of hydrogen-bond acceptors (Lipinski definition) is 4. The summed E-state index contributed by atoms with van der Waals surface area (Å²) < 4.78 is 4.14. The van der Waals surface area contributed by atoms with Crippen molar-refractivity contribution >= 4 is 17.8 Å². The summed E-state index contributed by atoms with van der Waals surface area (Å²) in [4.78, 5) is 4.20. The first-order chi connectivity index (χ1) is 8.84. The van der Waals surface area contributed by atoms with Crippen molar-refractivity contribution in [2.75, 3.05) is 13.1 Å². The molecule has 2 N–H and O–H groups in total. The third kappa shape index (κ3) is 1.92. The van der Waals surface area contributed by atoms with Gasteiger partial charge in [-0.2, -0.15) is 5.10 Å². The van der Waals surface area contributed by atoms with Crippen molar-refractivity contribution in [1.82, 2.24) is 15.3 Å². The Labute approximate surface area is 105 Å². The van der Waals surface area contributed by atoms with Gasteiger partial charge in [0.15, 0.2) is 5.69 Å². The number of fused-ring (bicyclic) bond motifs is 1. The van der Waals surface area contributed by atoms with Crippen LogP contribution < -0.4 is 15.1 Å². The van der Waals surface area contributed by atoms with Crippen LogP contribution in [0.15, 0.2) is 40.7 Å². The molecule has 2 aromatic heterocycles. The Hall–Kier alpha value is -2.37. The fourth-order valence-corrected chi connectivity index (χ4v) is 1.95. The Morgan fingerprint density at radius 3 is 3.28 bits per heavy atom. The molecule has 0 amide bonds. The smallest absolute Gasteiger partial charge is 0.286 e. The van der Waals surface area contributed by atoms with Gasteiger partial charge in [0.2, 0.25) is 5.96 Å². The van der Waals surface area contributed by atoms with Gasteiger partial charge in [-0.25, -0.2) is 19.4 Å². The van der Waals surface area contributed by atoms with Crippen molar-refractivity contribution in [3.63, 3.8) is 0 Å². The van der Waals surface area contributed by atoms with Crippen LogP contribution in [0.5, 0.6) is 0 Å². The average molecular weight is 243 g/mol. The van der Waals surface area contributed by atoms with Crippen LogP contribution in [0.4, 0.5) is 0 Å². The van der Waals surface area contributed by atoms with Crippen LogP contribution in [0.2, 0.25) is 0 Å². The van der Waals surface area contributed by atoms with Crippen LogP contribution in [0, 0.1) is 0 Å². The Kier molecular flexibility index (Phi) is 2.68. The number of aromatic nitrogens is 2. The number of hydrogen-bond donors (Lipinski definition) is 2. The van der Waals surface area contributed by atoms with Gasteiger partial charge in [-0.3, -0.25) is 0 Å². The molecule has 0 spiro atoms. The summed E-state index contributed by atoms with van der Waals surface area (Å²) in [5.74, 6) is 0.734. The minimum Gasteiger partial charge on any atom is -0.353 e. The summed E-state index contributed by atoms with van der Waals surface area (Å²) >= 11 is 0. The zero-order valence-corrected chi connectivity index (χ0v) is 10.2. The van der Waals surface area contributed by atoms with E-state index in [9.17, 15) is 0 Å². The first kappa shape index (κ1) is 10.8. The van der Waals surface area contributed by atoms with E-state index in [0.717, 1.165) is 30.4 Å². The molecule has 1 aliphatic heterocycles. The molecule has 6 nitrogen and oxygen atoms in total. The van der Waals surface area contributed by atoms with Crippen LogP contribution in [0.1, 0.15) is 5.69 Å². The van der Waals surface area contributed by atoms with Crippen LogP contribution >= 0.6 is 0 Å². The Bertz CT molecular complexity index is 625. The molecule has 3 heterocycles. The Balaban J connectivity index is 1.81. The second-order valence-corrected chi connectivity index (χ2v) is 4.11. The maximum atomic E-state index is 4.20. The molecule has 18 heavy (non-hydrogen) atoms. The monoisotopic (exact) mass is 243 g/mol. The topological polar surface area (TPSA) is 57.8 Å². The van der Waals surface area contributed by atoms with Gasteiger partial charge in [-0.15, -0.1) is 0 Å². The summed E-state index contributed by atoms with van der Waals surface area (Å²) in [5, 5.41) is 7.27. The highest BCUT2D eigenvalue weighted by atomic mass is 15.4. The molecule has 0 saturated heterocycles. The fraction of sp³-hybridized carbons (Fsp3) is 0.250. The number of guanidine groups is 1. The quantitative estimate of drug-likeness (QED) is 0.430. The molecule has 0 radical (unpaired) electrons.